The van der Waals surface area contributed by atoms with Crippen molar-refractivity contribution in [3.05, 3.63) is 0 Å². The zero-order valence-electron chi connectivity index (χ0n) is 12.0. The Bertz CT molecular complexity index is 376. The monoisotopic (exact) mass is 284 g/mol. The second-order valence-electron chi connectivity index (χ2n) is 7.05. The quantitative estimate of drug-likeness (QED) is 0.765. The molecule has 0 aromatic heterocycles. The topological polar surface area (TPSA) is 64.3 Å². The average Bonchev–Trinajstić information content (AvgIpc) is 2.27. The number of hydrogen-bond donors (Lipinski definition) is 2. The van der Waals surface area contributed by atoms with Crippen LogP contribution in [0.2, 0.25) is 0 Å². The Morgan fingerprint density at radius 3 is 2.00 bits per heavy atom. The molecule has 0 saturated heterocycles. The Labute approximate surface area is 120 Å². The summed E-state index contributed by atoms with van der Waals surface area (Å²) in [6, 6.07) is 0. The zero-order chi connectivity index (χ0) is 14.3. The molecule has 3 saturated carbocycles. The molecule has 4 nitrogen and oxygen atoms in total. The molecule has 3 aliphatic rings. The van der Waals surface area contributed by atoms with E-state index in [4.69, 9.17) is 22.7 Å². The molecule has 0 spiro atoms. The highest BCUT2D eigenvalue weighted by Gasteiger charge is 2.51. The van der Waals surface area contributed by atoms with E-state index in [-0.39, 0.29) is 17.0 Å². The van der Waals surface area contributed by atoms with Gasteiger partial charge in [-0.15, -0.1) is 0 Å². The van der Waals surface area contributed by atoms with Gasteiger partial charge in [-0.25, -0.2) is 4.79 Å². The minimum atomic E-state index is -0.452. The van der Waals surface area contributed by atoms with Crippen molar-refractivity contribution in [1.29, 1.82) is 0 Å². The lowest BCUT2D eigenvalue weighted by molar-refractivity contribution is 0.0242. The van der Waals surface area contributed by atoms with E-state index in [0.717, 1.165) is 38.5 Å². The van der Waals surface area contributed by atoms with Gasteiger partial charge in [0.05, 0.1) is 4.99 Å². The summed E-state index contributed by atoms with van der Waals surface area (Å²) in [5, 5.41) is 3.09. The Morgan fingerprint density at radius 2 is 1.63 bits per heavy atom. The first-order valence-electron chi connectivity index (χ1n) is 6.98. The summed E-state index contributed by atoms with van der Waals surface area (Å²) in [5.74, 6) is 0. The Hall–Kier alpha value is -0.840. The van der Waals surface area contributed by atoms with Gasteiger partial charge in [-0.2, -0.15) is 0 Å². The SMILES string of the molecule is CC(C)(C)OC(=O)NC12CCC(C(N)=S)(CC1)CC2. The maximum Gasteiger partial charge on any atom is 0.408 e. The smallest absolute Gasteiger partial charge is 0.408 e. The molecule has 0 atom stereocenters. The molecule has 3 N–H and O–H groups in total. The van der Waals surface area contributed by atoms with Crippen LogP contribution in [-0.2, 0) is 4.74 Å². The predicted octanol–water partition coefficient (Wildman–Crippen LogP) is 2.89. The molecule has 5 heteroatoms. The van der Waals surface area contributed by atoms with Gasteiger partial charge < -0.3 is 15.8 Å². The third-order valence-electron chi connectivity index (χ3n) is 4.54. The van der Waals surface area contributed by atoms with Crippen molar-refractivity contribution in [2.24, 2.45) is 11.1 Å². The van der Waals surface area contributed by atoms with Crippen molar-refractivity contribution in [3.63, 3.8) is 0 Å². The molecule has 0 unspecified atom stereocenters. The van der Waals surface area contributed by atoms with Gasteiger partial charge in [-0.3, -0.25) is 0 Å². The molecule has 3 rings (SSSR count). The molecule has 3 fully saturated rings. The van der Waals surface area contributed by atoms with E-state index in [0.29, 0.717) is 4.99 Å². The van der Waals surface area contributed by atoms with Gasteiger partial charge in [0.15, 0.2) is 0 Å². The second-order valence-corrected chi connectivity index (χ2v) is 7.49. The number of ether oxygens (including phenoxy) is 1. The summed E-state index contributed by atoms with van der Waals surface area (Å²) in [7, 11) is 0. The van der Waals surface area contributed by atoms with Crippen LogP contribution >= 0.6 is 12.2 Å². The van der Waals surface area contributed by atoms with Crippen LogP contribution in [0.1, 0.15) is 59.3 Å². The van der Waals surface area contributed by atoms with E-state index in [1.165, 1.54) is 0 Å². The van der Waals surface area contributed by atoms with Gasteiger partial charge in [-0.1, -0.05) is 12.2 Å². The van der Waals surface area contributed by atoms with Crippen LogP contribution in [0, 0.1) is 5.41 Å². The van der Waals surface area contributed by atoms with Crippen molar-refractivity contribution >= 4 is 23.3 Å². The molecule has 0 heterocycles. The summed E-state index contributed by atoms with van der Waals surface area (Å²) >= 11 is 5.21. The van der Waals surface area contributed by atoms with E-state index in [1.54, 1.807) is 0 Å². The highest BCUT2D eigenvalue weighted by atomic mass is 32.1. The Balaban J connectivity index is 1.97. The highest BCUT2D eigenvalue weighted by Crippen LogP contribution is 2.52. The van der Waals surface area contributed by atoms with Crippen molar-refractivity contribution in [1.82, 2.24) is 5.32 Å². The van der Waals surface area contributed by atoms with Crippen LogP contribution in [0.25, 0.3) is 0 Å². The van der Waals surface area contributed by atoms with Crippen molar-refractivity contribution in [2.45, 2.75) is 70.4 Å². The highest BCUT2D eigenvalue weighted by molar-refractivity contribution is 7.80. The summed E-state index contributed by atoms with van der Waals surface area (Å²) in [4.78, 5) is 12.6. The molecule has 1 amide bonds. The van der Waals surface area contributed by atoms with Gasteiger partial charge in [0.25, 0.3) is 0 Å². The number of fused-ring (bicyclic) bond motifs is 3. The zero-order valence-corrected chi connectivity index (χ0v) is 12.9. The predicted molar refractivity (Wildman–Crippen MR) is 79.0 cm³/mol. The average molecular weight is 284 g/mol. The lowest BCUT2D eigenvalue weighted by atomic mass is 9.57. The van der Waals surface area contributed by atoms with Crippen LogP contribution in [0.4, 0.5) is 4.79 Å². The standard InChI is InChI=1S/C14H24N2O2S/c1-12(2,3)18-11(17)16-14-7-4-13(5-8-14,6-9-14)10(15)19/h4-9H2,1-3H3,(H2,15,19)(H,16,17). The van der Waals surface area contributed by atoms with Gasteiger partial charge >= 0.3 is 6.09 Å². The van der Waals surface area contributed by atoms with Crippen LogP contribution < -0.4 is 11.1 Å². The van der Waals surface area contributed by atoms with Gasteiger partial charge in [-0.05, 0) is 59.3 Å². The lowest BCUT2D eigenvalue weighted by Gasteiger charge is -2.53. The summed E-state index contributed by atoms with van der Waals surface area (Å²) in [5.41, 5.74) is 5.38. The summed E-state index contributed by atoms with van der Waals surface area (Å²) in [6.07, 6.45) is 5.49. The minimum Gasteiger partial charge on any atom is -0.444 e. The first kappa shape index (κ1) is 14.6. The Morgan fingerprint density at radius 1 is 1.16 bits per heavy atom. The number of thiocarbonyl (C=S) groups is 1. The number of hydrogen-bond acceptors (Lipinski definition) is 3. The van der Waals surface area contributed by atoms with Crippen LogP contribution in [0.3, 0.4) is 0 Å². The number of alkyl carbamates (subject to hydrolysis) is 1. The summed E-state index contributed by atoms with van der Waals surface area (Å²) < 4.78 is 5.36. The second kappa shape index (κ2) is 4.62. The third kappa shape index (κ3) is 3.02. The third-order valence-corrected chi connectivity index (χ3v) is 4.97. The van der Waals surface area contributed by atoms with E-state index < -0.39 is 5.60 Å². The molecular formula is C14H24N2O2S. The fourth-order valence-electron chi connectivity index (χ4n) is 3.26. The van der Waals surface area contributed by atoms with Crippen LogP contribution in [0.5, 0.6) is 0 Å². The molecule has 0 radical (unpaired) electrons. The van der Waals surface area contributed by atoms with E-state index in [9.17, 15) is 4.79 Å². The van der Waals surface area contributed by atoms with E-state index in [2.05, 4.69) is 5.32 Å². The molecule has 0 aliphatic heterocycles. The maximum atomic E-state index is 11.9. The first-order valence-corrected chi connectivity index (χ1v) is 7.38. The largest absolute Gasteiger partial charge is 0.444 e. The lowest BCUT2D eigenvalue weighted by Crippen LogP contribution is -2.59. The van der Waals surface area contributed by atoms with E-state index in [1.807, 2.05) is 20.8 Å². The molecule has 2 bridgehead atoms. The van der Waals surface area contributed by atoms with Crippen molar-refractivity contribution in [3.8, 4) is 0 Å². The normalized spacial score (nSPS) is 33.8. The number of carbonyl (C=O) groups is 1. The molecule has 19 heavy (non-hydrogen) atoms. The summed E-state index contributed by atoms with van der Waals surface area (Å²) in [6.45, 7) is 5.64. The van der Waals surface area contributed by atoms with Crippen molar-refractivity contribution in [2.75, 3.05) is 0 Å². The van der Waals surface area contributed by atoms with Crippen molar-refractivity contribution < 1.29 is 9.53 Å². The van der Waals surface area contributed by atoms with E-state index >= 15 is 0 Å². The van der Waals surface area contributed by atoms with Gasteiger partial charge in [0.1, 0.15) is 5.60 Å². The van der Waals surface area contributed by atoms with Gasteiger partial charge in [0, 0.05) is 11.0 Å². The molecule has 0 aromatic rings. The first-order chi connectivity index (χ1) is 8.67. The number of rotatable bonds is 2. The molecule has 3 aliphatic carbocycles. The maximum absolute atomic E-state index is 11.9. The Kier molecular flexibility index (Phi) is 3.54. The number of amides is 1. The van der Waals surface area contributed by atoms with Crippen LogP contribution in [0.15, 0.2) is 0 Å². The number of nitrogens with one attached hydrogen (secondary N) is 1. The number of nitrogens with two attached hydrogens (primary N) is 1. The molecule has 108 valence electrons. The fourth-order valence-corrected chi connectivity index (χ4v) is 3.57. The van der Waals surface area contributed by atoms with Crippen LogP contribution in [-0.4, -0.2) is 22.2 Å². The fraction of sp³-hybridized carbons (Fsp3) is 0.857. The number of carbonyl (C=O) groups excluding carboxylic acids is 1. The minimum absolute atomic E-state index is 0.0483. The van der Waals surface area contributed by atoms with Gasteiger partial charge in [0.2, 0.25) is 0 Å². The molecule has 0 aromatic carbocycles. The molecular weight excluding hydrogens is 260 g/mol.